The zero-order chi connectivity index (χ0) is 13.7. The van der Waals surface area contributed by atoms with Gasteiger partial charge in [-0.05, 0) is 56.2 Å². The molecule has 0 heterocycles. The predicted molar refractivity (Wildman–Crippen MR) is 78.8 cm³/mol. The van der Waals surface area contributed by atoms with Gasteiger partial charge in [0.1, 0.15) is 11.5 Å². The highest BCUT2D eigenvalue weighted by Crippen LogP contribution is 2.26. The van der Waals surface area contributed by atoms with Gasteiger partial charge in [0.25, 0.3) is 0 Å². The van der Waals surface area contributed by atoms with E-state index in [1.807, 2.05) is 45.0 Å². The number of hydrogen-bond acceptors (Lipinski definition) is 2. The summed E-state index contributed by atoms with van der Waals surface area (Å²) >= 11 is 0. The summed E-state index contributed by atoms with van der Waals surface area (Å²) in [6.07, 6.45) is 0.190. The van der Waals surface area contributed by atoms with Crippen LogP contribution in [0.4, 0.5) is 0 Å². The molecule has 2 heteroatoms. The Labute approximate surface area is 115 Å². The highest BCUT2D eigenvalue weighted by Gasteiger charge is 2.02. The van der Waals surface area contributed by atoms with E-state index >= 15 is 0 Å². The molecule has 2 rings (SSSR count). The average molecular weight is 256 g/mol. The minimum absolute atomic E-state index is 0.190. The van der Waals surface area contributed by atoms with Crippen molar-refractivity contribution in [1.29, 1.82) is 0 Å². The van der Waals surface area contributed by atoms with Crippen molar-refractivity contribution >= 4 is 0 Å². The fourth-order valence-electron chi connectivity index (χ4n) is 1.93. The van der Waals surface area contributed by atoms with Gasteiger partial charge in [0.15, 0.2) is 0 Å². The summed E-state index contributed by atoms with van der Waals surface area (Å²) in [6.45, 7) is 6.74. The van der Waals surface area contributed by atoms with E-state index in [1.165, 1.54) is 0 Å². The van der Waals surface area contributed by atoms with Crippen molar-refractivity contribution in [2.75, 3.05) is 6.61 Å². The van der Waals surface area contributed by atoms with Crippen molar-refractivity contribution in [3.05, 3.63) is 48.5 Å². The average Bonchev–Trinajstić information content (AvgIpc) is 2.39. The Balaban J connectivity index is 2.21. The van der Waals surface area contributed by atoms with Gasteiger partial charge < -0.3 is 9.47 Å². The van der Waals surface area contributed by atoms with Gasteiger partial charge in [-0.25, -0.2) is 0 Å². The van der Waals surface area contributed by atoms with Crippen LogP contribution in [0.25, 0.3) is 11.1 Å². The molecule has 0 aliphatic carbocycles. The molecule has 0 fully saturated rings. The zero-order valence-electron chi connectivity index (χ0n) is 11.7. The molecule has 0 amide bonds. The van der Waals surface area contributed by atoms with Gasteiger partial charge >= 0.3 is 0 Å². The molecule has 0 aliphatic rings. The van der Waals surface area contributed by atoms with Gasteiger partial charge in [-0.1, -0.05) is 24.3 Å². The molecule has 0 saturated carbocycles. The summed E-state index contributed by atoms with van der Waals surface area (Å²) in [5, 5.41) is 0. The van der Waals surface area contributed by atoms with Crippen molar-refractivity contribution in [3.8, 4) is 22.6 Å². The number of benzene rings is 2. The van der Waals surface area contributed by atoms with Crippen molar-refractivity contribution in [2.24, 2.45) is 0 Å². The summed E-state index contributed by atoms with van der Waals surface area (Å²) in [5.41, 5.74) is 2.32. The molecule has 19 heavy (non-hydrogen) atoms. The fraction of sp³-hybridized carbons (Fsp3) is 0.294. The standard InChI is InChI=1S/C17H20O2/c1-4-18-16-10-8-14(9-11-16)15-6-5-7-17(12-15)19-13(2)3/h5-13H,4H2,1-3H3. The molecular weight excluding hydrogens is 236 g/mol. The third kappa shape index (κ3) is 3.75. The van der Waals surface area contributed by atoms with Crippen LogP contribution in [-0.4, -0.2) is 12.7 Å². The summed E-state index contributed by atoms with van der Waals surface area (Å²) in [6, 6.07) is 16.3. The SMILES string of the molecule is CCOc1ccc(-c2cccc(OC(C)C)c2)cc1. The van der Waals surface area contributed by atoms with Crippen molar-refractivity contribution in [1.82, 2.24) is 0 Å². The van der Waals surface area contributed by atoms with Crippen LogP contribution in [0, 0.1) is 0 Å². The molecule has 0 N–H and O–H groups in total. The van der Waals surface area contributed by atoms with Crippen LogP contribution in [-0.2, 0) is 0 Å². The Bertz CT molecular complexity index is 515. The largest absolute Gasteiger partial charge is 0.494 e. The quantitative estimate of drug-likeness (QED) is 0.782. The van der Waals surface area contributed by atoms with Crippen molar-refractivity contribution in [3.63, 3.8) is 0 Å². The first-order chi connectivity index (χ1) is 9.19. The molecule has 0 saturated heterocycles. The smallest absolute Gasteiger partial charge is 0.120 e. The second kappa shape index (κ2) is 6.28. The lowest BCUT2D eigenvalue weighted by Crippen LogP contribution is -2.05. The van der Waals surface area contributed by atoms with Crippen LogP contribution in [0.5, 0.6) is 11.5 Å². The van der Waals surface area contributed by atoms with Crippen LogP contribution in [0.3, 0.4) is 0 Å². The molecular formula is C17H20O2. The van der Waals surface area contributed by atoms with Crippen molar-refractivity contribution < 1.29 is 9.47 Å². The molecule has 0 atom stereocenters. The van der Waals surface area contributed by atoms with Crippen molar-refractivity contribution in [2.45, 2.75) is 26.9 Å². The topological polar surface area (TPSA) is 18.5 Å². The van der Waals surface area contributed by atoms with E-state index in [2.05, 4.69) is 24.3 Å². The van der Waals surface area contributed by atoms with Crippen LogP contribution in [0.1, 0.15) is 20.8 Å². The van der Waals surface area contributed by atoms with Gasteiger partial charge in [0.05, 0.1) is 12.7 Å². The van der Waals surface area contributed by atoms with Crippen LogP contribution in [0.15, 0.2) is 48.5 Å². The number of rotatable bonds is 5. The van der Waals surface area contributed by atoms with Gasteiger partial charge in [-0.15, -0.1) is 0 Å². The summed E-state index contributed by atoms with van der Waals surface area (Å²) in [7, 11) is 0. The minimum Gasteiger partial charge on any atom is -0.494 e. The van der Waals surface area contributed by atoms with E-state index < -0.39 is 0 Å². The summed E-state index contributed by atoms with van der Waals surface area (Å²) in [5.74, 6) is 1.81. The van der Waals surface area contributed by atoms with Crippen LogP contribution >= 0.6 is 0 Å². The maximum absolute atomic E-state index is 5.71. The first-order valence-corrected chi connectivity index (χ1v) is 6.69. The molecule has 0 aromatic heterocycles. The molecule has 0 aliphatic heterocycles. The molecule has 100 valence electrons. The van der Waals surface area contributed by atoms with E-state index in [-0.39, 0.29) is 6.10 Å². The minimum atomic E-state index is 0.190. The van der Waals surface area contributed by atoms with E-state index in [4.69, 9.17) is 9.47 Å². The Morgan fingerprint density at radius 2 is 1.63 bits per heavy atom. The van der Waals surface area contributed by atoms with E-state index in [9.17, 15) is 0 Å². The monoisotopic (exact) mass is 256 g/mol. The maximum atomic E-state index is 5.71. The van der Waals surface area contributed by atoms with Gasteiger partial charge in [0, 0.05) is 0 Å². The molecule has 2 aromatic rings. The van der Waals surface area contributed by atoms with Gasteiger partial charge in [0.2, 0.25) is 0 Å². The van der Waals surface area contributed by atoms with Gasteiger partial charge in [-0.2, -0.15) is 0 Å². The second-order valence-corrected chi connectivity index (χ2v) is 4.65. The highest BCUT2D eigenvalue weighted by molar-refractivity contribution is 5.65. The zero-order valence-corrected chi connectivity index (χ0v) is 11.7. The third-order valence-electron chi connectivity index (χ3n) is 2.70. The first kappa shape index (κ1) is 13.5. The lowest BCUT2D eigenvalue weighted by molar-refractivity contribution is 0.242. The summed E-state index contributed by atoms with van der Waals surface area (Å²) < 4.78 is 11.2. The highest BCUT2D eigenvalue weighted by atomic mass is 16.5. The Hall–Kier alpha value is -1.96. The first-order valence-electron chi connectivity index (χ1n) is 6.69. The lowest BCUT2D eigenvalue weighted by Gasteiger charge is -2.11. The number of ether oxygens (including phenoxy) is 2. The fourth-order valence-corrected chi connectivity index (χ4v) is 1.93. The Morgan fingerprint density at radius 3 is 2.26 bits per heavy atom. The number of hydrogen-bond donors (Lipinski definition) is 0. The van der Waals surface area contributed by atoms with Gasteiger partial charge in [-0.3, -0.25) is 0 Å². The molecule has 2 nitrogen and oxygen atoms in total. The molecule has 0 bridgehead atoms. The Morgan fingerprint density at radius 1 is 0.895 bits per heavy atom. The lowest BCUT2D eigenvalue weighted by atomic mass is 10.1. The Kier molecular flexibility index (Phi) is 4.45. The van der Waals surface area contributed by atoms with E-state index in [0.717, 1.165) is 22.6 Å². The maximum Gasteiger partial charge on any atom is 0.120 e. The van der Waals surface area contributed by atoms with E-state index in [1.54, 1.807) is 0 Å². The third-order valence-corrected chi connectivity index (χ3v) is 2.70. The molecule has 0 radical (unpaired) electrons. The van der Waals surface area contributed by atoms with Crippen LogP contribution < -0.4 is 9.47 Å². The molecule has 2 aromatic carbocycles. The van der Waals surface area contributed by atoms with E-state index in [0.29, 0.717) is 6.61 Å². The molecule has 0 unspecified atom stereocenters. The molecule has 0 spiro atoms. The normalized spacial score (nSPS) is 10.5. The predicted octanol–water partition coefficient (Wildman–Crippen LogP) is 4.54. The van der Waals surface area contributed by atoms with Crippen LogP contribution in [0.2, 0.25) is 0 Å². The second-order valence-electron chi connectivity index (χ2n) is 4.65. The summed E-state index contributed by atoms with van der Waals surface area (Å²) in [4.78, 5) is 0.